The molecule has 1 rings (SSSR count). The van der Waals surface area contributed by atoms with Gasteiger partial charge in [0.25, 0.3) is 0 Å². The van der Waals surface area contributed by atoms with Crippen LogP contribution in [0.4, 0.5) is 11.5 Å². The molecule has 0 aromatic carbocycles. The number of anilines is 1. The first-order valence-electron chi connectivity index (χ1n) is 3.01. The van der Waals surface area contributed by atoms with Crippen molar-refractivity contribution in [1.82, 2.24) is 4.98 Å². The molecule has 0 aliphatic heterocycles. The van der Waals surface area contributed by atoms with Crippen molar-refractivity contribution >= 4 is 34.1 Å². The van der Waals surface area contributed by atoms with Gasteiger partial charge in [-0.15, -0.1) is 0 Å². The Labute approximate surface area is 78.2 Å². The fourth-order valence-corrected chi connectivity index (χ4v) is 1.16. The zero-order valence-electron chi connectivity index (χ0n) is 6.04. The highest BCUT2D eigenvalue weighted by Crippen LogP contribution is 2.13. The second-order valence-corrected chi connectivity index (χ2v) is 3.15. The fourth-order valence-electron chi connectivity index (χ4n) is 0.664. The van der Waals surface area contributed by atoms with Gasteiger partial charge in [0, 0.05) is 6.07 Å². The van der Waals surface area contributed by atoms with E-state index in [-0.39, 0.29) is 0 Å². The summed E-state index contributed by atoms with van der Waals surface area (Å²) in [6.07, 6.45) is 1.67. The third-order valence-electron chi connectivity index (χ3n) is 1.14. The number of hydrogen-bond donors (Lipinski definition) is 2. The Bertz CT molecular complexity index is 254. The van der Waals surface area contributed by atoms with Gasteiger partial charge in [0.1, 0.15) is 5.82 Å². The van der Waals surface area contributed by atoms with Crippen LogP contribution in [0.15, 0.2) is 12.3 Å². The van der Waals surface area contributed by atoms with Crippen LogP contribution >= 0.6 is 22.6 Å². The van der Waals surface area contributed by atoms with Crippen LogP contribution in [0.1, 0.15) is 0 Å². The maximum absolute atomic E-state index is 5.51. The molecule has 1 heterocycles. The summed E-state index contributed by atoms with van der Waals surface area (Å²) in [4.78, 5) is 8.77. The number of aromatic nitrogens is 1. The smallest absolute Gasteiger partial charge is 0.181 e. The number of nitrogens with two attached hydrogens (primary N) is 2. The van der Waals surface area contributed by atoms with Crippen LogP contribution < -0.4 is 11.2 Å². The highest BCUT2D eigenvalue weighted by molar-refractivity contribution is 14.1. The molecule has 0 radical (unpaired) electrons. The van der Waals surface area contributed by atoms with Crippen molar-refractivity contribution < 1.29 is 10.3 Å². The highest BCUT2D eigenvalue weighted by atomic mass is 127. The summed E-state index contributed by atoms with van der Waals surface area (Å²) in [6, 6.07) is 1.91. The zero-order valence-corrected chi connectivity index (χ0v) is 8.20. The van der Waals surface area contributed by atoms with E-state index in [2.05, 4.69) is 27.6 Å². The number of rotatable bonds is 2. The van der Waals surface area contributed by atoms with Crippen molar-refractivity contribution in [2.75, 3.05) is 12.8 Å². The predicted molar refractivity (Wildman–Crippen MR) is 50.0 cm³/mol. The van der Waals surface area contributed by atoms with Crippen LogP contribution in [-0.2, 0) is 4.84 Å². The Hall–Kier alpha value is -0.400. The fraction of sp³-hybridized carbons (Fsp3) is 0.167. The van der Waals surface area contributed by atoms with Gasteiger partial charge < -0.3 is 5.73 Å². The summed E-state index contributed by atoms with van der Waals surface area (Å²) >= 11 is 2.13. The molecule has 0 spiro atoms. The van der Waals surface area contributed by atoms with Crippen LogP contribution in [0.25, 0.3) is 0 Å². The van der Waals surface area contributed by atoms with E-state index in [9.17, 15) is 0 Å². The summed E-state index contributed by atoms with van der Waals surface area (Å²) in [5.74, 6) is 0.554. The summed E-state index contributed by atoms with van der Waals surface area (Å²) < 4.78 is 0.938. The van der Waals surface area contributed by atoms with Crippen molar-refractivity contribution in [2.24, 2.45) is 0 Å². The first-order valence-corrected chi connectivity index (χ1v) is 4.09. The molecular weight excluding hydrogens is 257 g/mol. The third-order valence-corrected chi connectivity index (χ3v) is 2.01. The van der Waals surface area contributed by atoms with Gasteiger partial charge in [-0.25, -0.2) is 9.82 Å². The van der Waals surface area contributed by atoms with Gasteiger partial charge in [0.05, 0.1) is 16.9 Å². The molecule has 4 N–H and O–H groups in total. The normalized spacial score (nSPS) is 10.0. The highest BCUT2D eigenvalue weighted by Gasteiger charge is 2.01. The minimum absolute atomic E-state index is 0.554. The molecule has 0 amide bonds. The van der Waals surface area contributed by atoms with E-state index >= 15 is 0 Å². The molecule has 0 unspecified atom stereocenters. The van der Waals surface area contributed by atoms with Gasteiger partial charge in [-0.05, 0) is 22.6 Å². The number of halogens is 1. The van der Waals surface area contributed by atoms with Crippen molar-refractivity contribution in [3.05, 3.63) is 15.8 Å². The van der Waals surface area contributed by atoms with Gasteiger partial charge in [0.2, 0.25) is 0 Å². The molecule has 0 fully saturated rings. The average molecular weight is 266 g/mol. The molecule has 0 saturated carbocycles. The molecule has 0 bridgehead atoms. The lowest BCUT2D eigenvalue weighted by Gasteiger charge is -1.98. The molecule has 0 aliphatic rings. The van der Waals surface area contributed by atoms with Crippen LogP contribution in [0.2, 0.25) is 0 Å². The Morgan fingerprint density at radius 2 is 2.45 bits per heavy atom. The molecule has 60 valence electrons. The predicted octanol–water partition coefficient (Wildman–Crippen LogP) is 0.0247. The van der Waals surface area contributed by atoms with E-state index in [1.54, 1.807) is 18.8 Å². The first kappa shape index (κ1) is 8.69. The van der Waals surface area contributed by atoms with Gasteiger partial charge in [-0.1, -0.05) is 0 Å². The Kier molecular flexibility index (Phi) is 3.03. The molecular formula is C6H9IN3O+. The number of quaternary nitrogens is 1. The van der Waals surface area contributed by atoms with E-state index in [1.165, 1.54) is 0 Å². The Morgan fingerprint density at radius 1 is 1.73 bits per heavy atom. The van der Waals surface area contributed by atoms with Gasteiger partial charge >= 0.3 is 0 Å². The molecule has 5 heteroatoms. The summed E-state index contributed by atoms with van der Waals surface area (Å²) in [7, 11) is 1.60. The number of nitrogens with zero attached hydrogens (tertiary/aromatic N) is 1. The average Bonchev–Trinajstić information content (AvgIpc) is 1.98. The molecule has 1 aromatic rings. The Morgan fingerprint density at radius 3 is 3.00 bits per heavy atom. The lowest BCUT2D eigenvalue weighted by Crippen LogP contribution is -2.76. The quantitative estimate of drug-likeness (QED) is 0.586. The van der Waals surface area contributed by atoms with Crippen LogP contribution in [0.5, 0.6) is 0 Å². The van der Waals surface area contributed by atoms with Gasteiger partial charge in [-0.3, -0.25) is 0 Å². The van der Waals surface area contributed by atoms with E-state index in [4.69, 9.17) is 10.6 Å². The van der Waals surface area contributed by atoms with Gasteiger partial charge in [-0.2, -0.15) is 5.48 Å². The van der Waals surface area contributed by atoms with E-state index in [1.807, 2.05) is 6.07 Å². The minimum atomic E-state index is 0.554. The summed E-state index contributed by atoms with van der Waals surface area (Å²) in [5, 5.41) is 0. The lowest BCUT2D eigenvalue weighted by atomic mass is 10.4. The molecule has 4 nitrogen and oxygen atoms in total. The maximum Gasteiger partial charge on any atom is 0.181 e. The third kappa shape index (κ3) is 2.28. The van der Waals surface area contributed by atoms with E-state index < -0.39 is 0 Å². The van der Waals surface area contributed by atoms with Crippen molar-refractivity contribution in [1.29, 1.82) is 0 Å². The van der Waals surface area contributed by atoms with Crippen LogP contribution in [-0.4, -0.2) is 12.1 Å². The van der Waals surface area contributed by atoms with Crippen molar-refractivity contribution in [3.8, 4) is 0 Å². The molecule has 0 saturated heterocycles. The summed E-state index contributed by atoms with van der Waals surface area (Å²) in [6.45, 7) is 0. The van der Waals surface area contributed by atoms with Crippen molar-refractivity contribution in [3.63, 3.8) is 0 Å². The SMILES string of the molecule is CO[NH2+]c1cnc(N)c(I)c1. The summed E-state index contributed by atoms with van der Waals surface area (Å²) in [5.41, 5.74) is 8.05. The number of nitrogen functional groups attached to an aromatic ring is 1. The monoisotopic (exact) mass is 266 g/mol. The largest absolute Gasteiger partial charge is 0.383 e. The second kappa shape index (κ2) is 3.84. The lowest BCUT2D eigenvalue weighted by molar-refractivity contribution is -0.830. The molecule has 1 aromatic heterocycles. The topological polar surface area (TPSA) is 64.8 Å². The minimum Gasteiger partial charge on any atom is -0.383 e. The van der Waals surface area contributed by atoms with E-state index in [0.717, 1.165) is 9.26 Å². The van der Waals surface area contributed by atoms with Crippen LogP contribution in [0, 0.1) is 3.57 Å². The maximum atomic E-state index is 5.51. The van der Waals surface area contributed by atoms with E-state index in [0.29, 0.717) is 5.82 Å². The van der Waals surface area contributed by atoms with Crippen molar-refractivity contribution in [2.45, 2.75) is 0 Å². The first-order chi connectivity index (χ1) is 5.24. The molecule has 11 heavy (non-hydrogen) atoms. The number of pyridine rings is 1. The van der Waals surface area contributed by atoms with Crippen LogP contribution in [0.3, 0.4) is 0 Å². The second-order valence-electron chi connectivity index (χ2n) is 1.99. The molecule has 0 atom stereocenters. The van der Waals surface area contributed by atoms with Gasteiger partial charge in [0.15, 0.2) is 5.69 Å². The Balaban J connectivity index is 2.86. The molecule has 0 aliphatic carbocycles. The zero-order chi connectivity index (χ0) is 8.27. The number of hydrogen-bond acceptors (Lipinski definition) is 3. The standard InChI is InChI=1S/C6H8IN3O/c1-11-10-4-2-5(7)6(8)9-3-4/h2-3,10H,1H3,(H2,8,9)/p+1.